The molecule has 0 aliphatic heterocycles. The Morgan fingerprint density at radius 1 is 1.15 bits per heavy atom. The van der Waals surface area contributed by atoms with Crippen molar-refractivity contribution in [3.63, 3.8) is 0 Å². The SMILES string of the molecule is CC(=NNC(=O)c1cccc(F)c1)c1ccc(N)cc1. The highest BCUT2D eigenvalue weighted by molar-refractivity contribution is 6.01. The van der Waals surface area contributed by atoms with Gasteiger partial charge in [0.1, 0.15) is 5.82 Å². The second-order valence-electron chi connectivity index (χ2n) is 4.27. The molecule has 0 aliphatic carbocycles. The minimum absolute atomic E-state index is 0.221. The van der Waals surface area contributed by atoms with E-state index in [4.69, 9.17) is 5.73 Å². The van der Waals surface area contributed by atoms with E-state index < -0.39 is 11.7 Å². The molecule has 2 rings (SSSR count). The molecule has 0 bridgehead atoms. The van der Waals surface area contributed by atoms with Gasteiger partial charge in [-0.1, -0.05) is 18.2 Å². The molecule has 0 aromatic heterocycles. The fourth-order valence-corrected chi connectivity index (χ4v) is 1.62. The third-order valence-electron chi connectivity index (χ3n) is 2.74. The molecule has 0 atom stereocenters. The Morgan fingerprint density at radius 3 is 2.50 bits per heavy atom. The molecule has 0 spiro atoms. The average Bonchev–Trinajstić information content (AvgIpc) is 2.45. The van der Waals surface area contributed by atoms with Crippen LogP contribution in [-0.2, 0) is 0 Å². The molecule has 0 unspecified atom stereocenters. The minimum atomic E-state index is -0.461. The fourth-order valence-electron chi connectivity index (χ4n) is 1.62. The summed E-state index contributed by atoms with van der Waals surface area (Å²) in [6.45, 7) is 1.76. The topological polar surface area (TPSA) is 67.5 Å². The highest BCUT2D eigenvalue weighted by Crippen LogP contribution is 2.07. The summed E-state index contributed by atoms with van der Waals surface area (Å²) in [7, 11) is 0. The summed E-state index contributed by atoms with van der Waals surface area (Å²) in [5, 5.41) is 3.98. The van der Waals surface area contributed by atoms with E-state index >= 15 is 0 Å². The standard InChI is InChI=1S/C15H14FN3O/c1-10(11-5-7-14(17)8-6-11)18-19-15(20)12-3-2-4-13(16)9-12/h2-9H,17H2,1H3,(H,19,20). The average molecular weight is 271 g/mol. The van der Waals surface area contributed by atoms with Crippen LogP contribution in [-0.4, -0.2) is 11.6 Å². The van der Waals surface area contributed by atoms with E-state index in [1.165, 1.54) is 18.2 Å². The van der Waals surface area contributed by atoms with Gasteiger partial charge in [-0.05, 0) is 42.8 Å². The first-order chi connectivity index (χ1) is 9.56. The zero-order chi connectivity index (χ0) is 14.5. The smallest absolute Gasteiger partial charge is 0.271 e. The van der Waals surface area contributed by atoms with Crippen molar-refractivity contribution in [2.75, 3.05) is 5.73 Å². The summed E-state index contributed by atoms with van der Waals surface area (Å²) in [4.78, 5) is 11.8. The lowest BCUT2D eigenvalue weighted by Gasteiger charge is -2.03. The number of nitrogen functional groups attached to an aromatic ring is 1. The van der Waals surface area contributed by atoms with Crippen molar-refractivity contribution in [3.8, 4) is 0 Å². The second kappa shape index (κ2) is 5.97. The Labute approximate surface area is 116 Å². The van der Waals surface area contributed by atoms with Gasteiger partial charge < -0.3 is 5.73 Å². The normalized spacial score (nSPS) is 11.2. The Kier molecular flexibility index (Phi) is 4.10. The van der Waals surface area contributed by atoms with Gasteiger partial charge in [0.2, 0.25) is 0 Å². The Bertz CT molecular complexity index is 650. The van der Waals surface area contributed by atoms with Crippen LogP contribution in [0.4, 0.5) is 10.1 Å². The zero-order valence-electron chi connectivity index (χ0n) is 10.9. The van der Waals surface area contributed by atoms with Crippen LogP contribution in [0.2, 0.25) is 0 Å². The van der Waals surface area contributed by atoms with Gasteiger partial charge in [-0.3, -0.25) is 4.79 Å². The van der Waals surface area contributed by atoms with Crippen LogP contribution in [0.1, 0.15) is 22.8 Å². The molecule has 0 saturated heterocycles. The molecule has 2 aromatic carbocycles. The molecule has 5 heteroatoms. The lowest BCUT2D eigenvalue weighted by Crippen LogP contribution is -2.19. The summed E-state index contributed by atoms with van der Waals surface area (Å²) in [5.41, 5.74) is 10.3. The Morgan fingerprint density at radius 2 is 1.85 bits per heavy atom. The van der Waals surface area contributed by atoms with Gasteiger partial charge in [0.15, 0.2) is 0 Å². The van der Waals surface area contributed by atoms with Gasteiger partial charge in [0.25, 0.3) is 5.91 Å². The molecular formula is C15H14FN3O. The van der Waals surface area contributed by atoms with Crippen LogP contribution in [0, 0.1) is 5.82 Å². The number of nitrogens with zero attached hydrogens (tertiary/aromatic N) is 1. The minimum Gasteiger partial charge on any atom is -0.399 e. The molecule has 102 valence electrons. The van der Waals surface area contributed by atoms with Crippen LogP contribution in [0.15, 0.2) is 53.6 Å². The second-order valence-corrected chi connectivity index (χ2v) is 4.27. The zero-order valence-corrected chi connectivity index (χ0v) is 10.9. The molecule has 0 heterocycles. The largest absolute Gasteiger partial charge is 0.399 e. The highest BCUT2D eigenvalue weighted by atomic mass is 19.1. The van der Waals surface area contributed by atoms with Gasteiger partial charge in [0, 0.05) is 11.3 Å². The van der Waals surface area contributed by atoms with E-state index in [1.54, 1.807) is 19.1 Å². The lowest BCUT2D eigenvalue weighted by atomic mass is 10.1. The maximum absolute atomic E-state index is 13.0. The number of rotatable bonds is 3. The van der Waals surface area contributed by atoms with E-state index in [2.05, 4.69) is 10.5 Å². The van der Waals surface area contributed by atoms with Crippen molar-refractivity contribution in [1.29, 1.82) is 0 Å². The van der Waals surface area contributed by atoms with Crippen LogP contribution in [0.3, 0.4) is 0 Å². The molecular weight excluding hydrogens is 257 g/mol. The molecule has 3 N–H and O–H groups in total. The first kappa shape index (κ1) is 13.7. The van der Waals surface area contributed by atoms with E-state index in [-0.39, 0.29) is 5.56 Å². The molecule has 20 heavy (non-hydrogen) atoms. The molecule has 0 radical (unpaired) electrons. The highest BCUT2D eigenvalue weighted by Gasteiger charge is 2.05. The van der Waals surface area contributed by atoms with Crippen molar-refractivity contribution in [2.45, 2.75) is 6.92 Å². The molecule has 0 aliphatic rings. The lowest BCUT2D eigenvalue weighted by molar-refractivity contribution is 0.0954. The summed E-state index contributed by atoms with van der Waals surface area (Å²) in [5.74, 6) is -0.920. The van der Waals surface area contributed by atoms with Gasteiger partial charge in [-0.25, -0.2) is 9.82 Å². The van der Waals surface area contributed by atoms with E-state index in [1.807, 2.05) is 12.1 Å². The predicted molar refractivity (Wildman–Crippen MR) is 76.9 cm³/mol. The van der Waals surface area contributed by atoms with Crippen molar-refractivity contribution in [2.24, 2.45) is 5.10 Å². The summed E-state index contributed by atoms with van der Waals surface area (Å²) >= 11 is 0. The number of anilines is 1. The van der Waals surface area contributed by atoms with Crippen molar-refractivity contribution in [3.05, 3.63) is 65.5 Å². The van der Waals surface area contributed by atoms with Gasteiger partial charge in [-0.15, -0.1) is 0 Å². The van der Waals surface area contributed by atoms with E-state index in [0.29, 0.717) is 11.4 Å². The fraction of sp³-hybridized carbons (Fsp3) is 0.0667. The number of hydrogen-bond donors (Lipinski definition) is 2. The van der Waals surface area contributed by atoms with Gasteiger partial charge in [0.05, 0.1) is 5.71 Å². The van der Waals surface area contributed by atoms with Crippen LogP contribution >= 0.6 is 0 Å². The number of benzene rings is 2. The molecule has 0 saturated carbocycles. The molecule has 4 nitrogen and oxygen atoms in total. The summed E-state index contributed by atoms with van der Waals surface area (Å²) < 4.78 is 13.0. The third kappa shape index (κ3) is 3.41. The van der Waals surface area contributed by atoms with E-state index in [0.717, 1.165) is 11.6 Å². The number of nitrogens with two attached hydrogens (primary N) is 1. The number of nitrogens with one attached hydrogen (secondary N) is 1. The molecule has 0 fully saturated rings. The van der Waals surface area contributed by atoms with Crippen molar-refractivity contribution in [1.82, 2.24) is 5.43 Å². The number of halogens is 1. The number of carbonyl (C=O) groups is 1. The number of amides is 1. The van der Waals surface area contributed by atoms with Crippen molar-refractivity contribution >= 4 is 17.3 Å². The van der Waals surface area contributed by atoms with Crippen LogP contribution < -0.4 is 11.2 Å². The van der Waals surface area contributed by atoms with Crippen molar-refractivity contribution < 1.29 is 9.18 Å². The summed E-state index contributed by atoms with van der Waals surface area (Å²) in [6, 6.07) is 12.5. The number of hydrogen-bond acceptors (Lipinski definition) is 3. The first-order valence-electron chi connectivity index (χ1n) is 6.02. The first-order valence-corrected chi connectivity index (χ1v) is 6.02. The Hall–Kier alpha value is -2.69. The third-order valence-corrected chi connectivity index (χ3v) is 2.74. The maximum atomic E-state index is 13.0. The monoisotopic (exact) mass is 271 g/mol. The van der Waals surface area contributed by atoms with Gasteiger partial charge >= 0.3 is 0 Å². The van der Waals surface area contributed by atoms with Gasteiger partial charge in [-0.2, -0.15) is 5.10 Å². The number of carbonyl (C=O) groups excluding carboxylic acids is 1. The van der Waals surface area contributed by atoms with E-state index in [9.17, 15) is 9.18 Å². The Balaban J connectivity index is 2.08. The quantitative estimate of drug-likeness (QED) is 0.512. The number of hydrazone groups is 1. The predicted octanol–water partition coefficient (Wildman–Crippen LogP) is 2.56. The van der Waals surface area contributed by atoms with Crippen LogP contribution in [0.5, 0.6) is 0 Å². The molecule has 2 aromatic rings. The van der Waals surface area contributed by atoms with Crippen LogP contribution in [0.25, 0.3) is 0 Å². The maximum Gasteiger partial charge on any atom is 0.271 e. The summed E-state index contributed by atoms with van der Waals surface area (Å²) in [6.07, 6.45) is 0. The molecule has 1 amide bonds.